The molecule has 2 N–H and O–H groups in total. The second kappa shape index (κ2) is 6.70. The van der Waals surface area contributed by atoms with Crippen LogP contribution in [0.3, 0.4) is 0 Å². The van der Waals surface area contributed by atoms with Crippen molar-refractivity contribution in [1.82, 2.24) is 15.5 Å². The zero-order chi connectivity index (χ0) is 12.8. The van der Waals surface area contributed by atoms with Crippen LogP contribution in [0, 0.1) is 0 Å². The molecule has 0 aliphatic carbocycles. The van der Waals surface area contributed by atoms with E-state index in [1.807, 2.05) is 13.8 Å². The molecule has 1 aliphatic heterocycles. The van der Waals surface area contributed by atoms with Crippen molar-refractivity contribution < 1.29 is 9.15 Å². The Labute approximate surface area is 107 Å². The van der Waals surface area contributed by atoms with Gasteiger partial charge in [0.05, 0.1) is 12.1 Å². The van der Waals surface area contributed by atoms with Gasteiger partial charge in [-0.2, -0.15) is 0 Å². The summed E-state index contributed by atoms with van der Waals surface area (Å²) in [6.07, 6.45) is 3.77. The van der Waals surface area contributed by atoms with E-state index < -0.39 is 0 Å². The Morgan fingerprint density at radius 1 is 1.39 bits per heavy atom. The fourth-order valence-corrected chi connectivity index (χ4v) is 2.04. The first-order chi connectivity index (χ1) is 8.79. The van der Waals surface area contributed by atoms with E-state index in [2.05, 4.69) is 20.8 Å². The van der Waals surface area contributed by atoms with Crippen molar-refractivity contribution in [2.24, 2.45) is 0 Å². The maximum Gasteiger partial charge on any atom is 0.315 e. The monoisotopic (exact) mass is 254 g/mol. The second-order valence-electron chi connectivity index (χ2n) is 4.59. The lowest BCUT2D eigenvalue weighted by Crippen LogP contribution is -2.27. The van der Waals surface area contributed by atoms with E-state index in [0.29, 0.717) is 11.9 Å². The van der Waals surface area contributed by atoms with Crippen molar-refractivity contribution in [1.29, 1.82) is 0 Å². The van der Waals surface area contributed by atoms with E-state index >= 15 is 0 Å². The third-order valence-corrected chi connectivity index (χ3v) is 3.08. The number of rotatable bonds is 6. The predicted molar refractivity (Wildman–Crippen MR) is 68.5 cm³/mol. The number of ether oxygens (including phenoxy) is 1. The van der Waals surface area contributed by atoms with Crippen LogP contribution in [0.1, 0.15) is 45.0 Å². The molecule has 0 bridgehead atoms. The summed E-state index contributed by atoms with van der Waals surface area (Å²) in [5.74, 6) is 0.615. The van der Waals surface area contributed by atoms with Crippen molar-refractivity contribution in [2.75, 3.05) is 25.0 Å². The largest absolute Gasteiger partial charge is 0.406 e. The fraction of sp³-hybridized carbons (Fsp3) is 0.833. The van der Waals surface area contributed by atoms with Gasteiger partial charge in [0.1, 0.15) is 0 Å². The average Bonchev–Trinajstić information content (AvgIpc) is 2.87. The van der Waals surface area contributed by atoms with Crippen LogP contribution in [0.2, 0.25) is 0 Å². The van der Waals surface area contributed by atoms with Gasteiger partial charge in [0.15, 0.2) is 0 Å². The van der Waals surface area contributed by atoms with Crippen LogP contribution in [0.15, 0.2) is 4.42 Å². The molecule has 6 heteroatoms. The van der Waals surface area contributed by atoms with Gasteiger partial charge in [-0.05, 0) is 32.7 Å². The van der Waals surface area contributed by atoms with Crippen molar-refractivity contribution in [3.8, 4) is 0 Å². The topological polar surface area (TPSA) is 72.2 Å². The summed E-state index contributed by atoms with van der Waals surface area (Å²) in [4.78, 5) is 0. The first-order valence-electron chi connectivity index (χ1n) is 6.72. The molecule has 102 valence electrons. The number of anilines is 1. The summed E-state index contributed by atoms with van der Waals surface area (Å²) in [6.45, 7) is 6.52. The Kier molecular flexibility index (Phi) is 4.95. The highest BCUT2D eigenvalue weighted by Crippen LogP contribution is 2.16. The lowest BCUT2D eigenvalue weighted by molar-refractivity contribution is 0.0244. The standard InChI is InChI=1S/C12H22N4O2/c1-3-13-9(2)11-15-16-12(18-11)14-8-10-6-4-5-7-17-10/h9-10,13H,3-8H2,1-2H3,(H,14,16). The van der Waals surface area contributed by atoms with Crippen LogP contribution in [0.4, 0.5) is 6.01 Å². The smallest absolute Gasteiger partial charge is 0.315 e. The maximum atomic E-state index is 5.63. The molecule has 1 fully saturated rings. The van der Waals surface area contributed by atoms with Crippen LogP contribution in [0.25, 0.3) is 0 Å². The molecule has 2 unspecified atom stereocenters. The van der Waals surface area contributed by atoms with Gasteiger partial charge in [-0.15, -0.1) is 5.10 Å². The van der Waals surface area contributed by atoms with Crippen molar-refractivity contribution in [2.45, 2.75) is 45.3 Å². The minimum atomic E-state index is 0.0870. The van der Waals surface area contributed by atoms with E-state index in [0.717, 1.165) is 26.1 Å². The molecular weight excluding hydrogens is 232 g/mol. The summed E-state index contributed by atoms with van der Waals surface area (Å²) in [5, 5.41) is 14.4. The molecule has 0 saturated carbocycles. The highest BCUT2D eigenvalue weighted by molar-refractivity contribution is 5.17. The number of hydrogen-bond acceptors (Lipinski definition) is 6. The summed E-state index contributed by atoms with van der Waals surface area (Å²) in [5.41, 5.74) is 0. The first kappa shape index (κ1) is 13.3. The van der Waals surface area contributed by atoms with Gasteiger partial charge in [0, 0.05) is 13.2 Å². The molecule has 6 nitrogen and oxygen atoms in total. The zero-order valence-corrected chi connectivity index (χ0v) is 11.1. The van der Waals surface area contributed by atoms with Crippen molar-refractivity contribution in [3.05, 3.63) is 5.89 Å². The summed E-state index contributed by atoms with van der Waals surface area (Å²) in [6, 6.07) is 0.563. The van der Waals surface area contributed by atoms with Crippen molar-refractivity contribution in [3.63, 3.8) is 0 Å². The Balaban J connectivity index is 1.79. The zero-order valence-electron chi connectivity index (χ0n) is 11.1. The Morgan fingerprint density at radius 3 is 3.00 bits per heavy atom. The molecule has 0 aromatic carbocycles. The highest BCUT2D eigenvalue weighted by Gasteiger charge is 2.16. The summed E-state index contributed by atoms with van der Waals surface area (Å²) in [7, 11) is 0. The van der Waals surface area contributed by atoms with Gasteiger partial charge in [-0.3, -0.25) is 0 Å². The van der Waals surface area contributed by atoms with E-state index in [4.69, 9.17) is 9.15 Å². The summed E-state index contributed by atoms with van der Waals surface area (Å²) < 4.78 is 11.2. The number of aromatic nitrogens is 2. The van der Waals surface area contributed by atoms with E-state index in [1.54, 1.807) is 0 Å². The van der Waals surface area contributed by atoms with Crippen molar-refractivity contribution >= 4 is 6.01 Å². The first-order valence-corrected chi connectivity index (χ1v) is 6.72. The van der Waals surface area contributed by atoms with Crippen LogP contribution in [-0.4, -0.2) is 36.0 Å². The van der Waals surface area contributed by atoms with Crippen LogP contribution >= 0.6 is 0 Å². The number of nitrogens with zero attached hydrogens (tertiary/aromatic N) is 2. The summed E-state index contributed by atoms with van der Waals surface area (Å²) >= 11 is 0. The van der Waals surface area contributed by atoms with Gasteiger partial charge < -0.3 is 19.8 Å². The molecule has 1 aromatic heterocycles. The van der Waals surface area contributed by atoms with E-state index in [-0.39, 0.29) is 12.1 Å². The second-order valence-corrected chi connectivity index (χ2v) is 4.59. The Bertz CT molecular complexity index is 350. The Hall–Kier alpha value is -1.14. The molecule has 0 amide bonds. The Morgan fingerprint density at radius 2 is 2.28 bits per heavy atom. The van der Waals surface area contributed by atoms with Gasteiger partial charge in [0.25, 0.3) is 0 Å². The molecule has 1 saturated heterocycles. The minimum Gasteiger partial charge on any atom is -0.406 e. The lowest BCUT2D eigenvalue weighted by Gasteiger charge is -2.22. The third-order valence-electron chi connectivity index (χ3n) is 3.08. The molecule has 2 rings (SSSR count). The molecule has 1 aromatic rings. The molecule has 0 spiro atoms. The van der Waals surface area contributed by atoms with Crippen LogP contribution in [0.5, 0.6) is 0 Å². The highest BCUT2D eigenvalue weighted by atomic mass is 16.5. The quantitative estimate of drug-likeness (QED) is 0.805. The molecule has 1 aliphatic rings. The molecular formula is C12H22N4O2. The van der Waals surface area contributed by atoms with Gasteiger partial charge in [-0.25, -0.2) is 0 Å². The fourth-order valence-electron chi connectivity index (χ4n) is 2.04. The minimum absolute atomic E-state index is 0.0870. The molecule has 2 heterocycles. The van der Waals surface area contributed by atoms with Crippen LogP contribution < -0.4 is 10.6 Å². The van der Waals surface area contributed by atoms with Crippen LogP contribution in [-0.2, 0) is 4.74 Å². The van der Waals surface area contributed by atoms with Gasteiger partial charge in [0.2, 0.25) is 5.89 Å². The molecule has 0 radical (unpaired) electrons. The predicted octanol–water partition coefficient (Wildman–Crippen LogP) is 1.72. The third kappa shape index (κ3) is 3.68. The average molecular weight is 254 g/mol. The SMILES string of the molecule is CCNC(C)c1nnc(NCC2CCCCO2)o1. The normalized spacial score (nSPS) is 21.8. The van der Waals surface area contributed by atoms with E-state index in [1.165, 1.54) is 12.8 Å². The van der Waals surface area contributed by atoms with E-state index in [9.17, 15) is 0 Å². The van der Waals surface area contributed by atoms with Gasteiger partial charge in [-0.1, -0.05) is 12.0 Å². The van der Waals surface area contributed by atoms with Gasteiger partial charge >= 0.3 is 6.01 Å². The maximum absolute atomic E-state index is 5.63. The number of nitrogens with one attached hydrogen (secondary N) is 2. The molecule has 2 atom stereocenters. The molecule has 18 heavy (non-hydrogen) atoms. The lowest BCUT2D eigenvalue weighted by atomic mass is 10.1. The number of hydrogen-bond donors (Lipinski definition) is 2.